The summed E-state index contributed by atoms with van der Waals surface area (Å²) in [6.07, 6.45) is 6.80. The molecular weight excluding hydrogens is 234 g/mol. The number of rotatable bonds is 7. The van der Waals surface area contributed by atoms with E-state index < -0.39 is 0 Å². The van der Waals surface area contributed by atoms with Crippen molar-refractivity contribution < 1.29 is 0 Å². The summed E-state index contributed by atoms with van der Waals surface area (Å²) >= 11 is 0. The van der Waals surface area contributed by atoms with E-state index in [1.54, 1.807) is 0 Å². The van der Waals surface area contributed by atoms with E-state index in [0.717, 1.165) is 24.4 Å². The Balaban J connectivity index is 1.66. The van der Waals surface area contributed by atoms with Crippen molar-refractivity contribution >= 4 is 0 Å². The highest BCUT2D eigenvalue weighted by Crippen LogP contribution is 2.22. The number of hydrogen-bond acceptors (Lipinski definition) is 3. The molecule has 0 spiro atoms. The van der Waals surface area contributed by atoms with Gasteiger partial charge in [-0.05, 0) is 76.7 Å². The molecule has 2 fully saturated rings. The second kappa shape index (κ2) is 7.61. The molecule has 0 amide bonds. The van der Waals surface area contributed by atoms with Gasteiger partial charge in [0.2, 0.25) is 0 Å². The van der Waals surface area contributed by atoms with Crippen LogP contribution in [0.25, 0.3) is 0 Å². The molecule has 0 aromatic carbocycles. The summed E-state index contributed by atoms with van der Waals surface area (Å²) < 4.78 is 0. The Hall–Kier alpha value is -0.120. The molecule has 3 heteroatoms. The van der Waals surface area contributed by atoms with Crippen LogP contribution in [0.3, 0.4) is 0 Å². The van der Waals surface area contributed by atoms with Gasteiger partial charge in [-0.2, -0.15) is 0 Å². The molecule has 2 atom stereocenters. The highest BCUT2D eigenvalue weighted by molar-refractivity contribution is 4.85. The molecule has 2 saturated heterocycles. The summed E-state index contributed by atoms with van der Waals surface area (Å²) in [6, 6.07) is 0.851. The van der Waals surface area contributed by atoms with Crippen LogP contribution < -0.4 is 5.73 Å². The van der Waals surface area contributed by atoms with Gasteiger partial charge in [-0.15, -0.1) is 0 Å². The molecular formula is C16H33N3. The molecule has 2 N–H and O–H groups in total. The molecule has 0 saturated carbocycles. The van der Waals surface area contributed by atoms with Crippen molar-refractivity contribution in [2.45, 2.75) is 52.0 Å². The van der Waals surface area contributed by atoms with Crippen LogP contribution in [0.5, 0.6) is 0 Å². The SMILES string of the molecule is CC(C)CC(CN)CCN1CCC(N2CCCC2)C1. The lowest BCUT2D eigenvalue weighted by atomic mass is 9.94. The van der Waals surface area contributed by atoms with Crippen molar-refractivity contribution in [3.63, 3.8) is 0 Å². The Kier molecular flexibility index (Phi) is 6.11. The van der Waals surface area contributed by atoms with Crippen LogP contribution in [0.15, 0.2) is 0 Å². The molecule has 2 heterocycles. The molecule has 112 valence electrons. The molecule has 0 radical (unpaired) electrons. The van der Waals surface area contributed by atoms with E-state index in [4.69, 9.17) is 5.73 Å². The lowest BCUT2D eigenvalue weighted by molar-refractivity contribution is 0.224. The van der Waals surface area contributed by atoms with E-state index in [1.807, 2.05) is 0 Å². The van der Waals surface area contributed by atoms with Crippen LogP contribution in [0.1, 0.15) is 46.0 Å². The lowest BCUT2D eigenvalue weighted by Crippen LogP contribution is -2.36. The highest BCUT2D eigenvalue weighted by Gasteiger charge is 2.29. The van der Waals surface area contributed by atoms with Gasteiger partial charge in [-0.3, -0.25) is 4.90 Å². The second-order valence-corrected chi connectivity index (χ2v) is 7.01. The van der Waals surface area contributed by atoms with Crippen molar-refractivity contribution in [3.05, 3.63) is 0 Å². The Morgan fingerprint density at radius 3 is 2.53 bits per heavy atom. The Morgan fingerprint density at radius 2 is 1.89 bits per heavy atom. The number of hydrogen-bond donors (Lipinski definition) is 1. The Bertz CT molecular complexity index is 248. The third kappa shape index (κ3) is 4.73. The summed E-state index contributed by atoms with van der Waals surface area (Å²) in [5, 5.41) is 0. The molecule has 2 aliphatic heterocycles. The van der Waals surface area contributed by atoms with Crippen molar-refractivity contribution in [3.8, 4) is 0 Å². The Labute approximate surface area is 119 Å². The first-order chi connectivity index (χ1) is 9.19. The van der Waals surface area contributed by atoms with Gasteiger partial charge in [0.05, 0.1) is 0 Å². The molecule has 0 bridgehead atoms. The molecule has 0 aliphatic carbocycles. The first kappa shape index (κ1) is 15.3. The fourth-order valence-corrected chi connectivity index (χ4v) is 3.78. The van der Waals surface area contributed by atoms with Crippen LogP contribution >= 0.6 is 0 Å². The molecule has 2 aliphatic rings. The molecule has 3 nitrogen and oxygen atoms in total. The maximum atomic E-state index is 5.91. The van der Waals surface area contributed by atoms with E-state index in [0.29, 0.717) is 0 Å². The average Bonchev–Trinajstić information content (AvgIpc) is 3.03. The Morgan fingerprint density at radius 1 is 1.16 bits per heavy atom. The number of nitrogens with two attached hydrogens (primary N) is 1. The van der Waals surface area contributed by atoms with Gasteiger partial charge in [-0.1, -0.05) is 13.8 Å². The zero-order valence-electron chi connectivity index (χ0n) is 13.0. The van der Waals surface area contributed by atoms with Gasteiger partial charge < -0.3 is 10.6 Å². The van der Waals surface area contributed by atoms with Crippen LogP contribution in [0, 0.1) is 11.8 Å². The molecule has 0 aromatic rings. The zero-order valence-corrected chi connectivity index (χ0v) is 13.0. The molecule has 0 aromatic heterocycles. The maximum absolute atomic E-state index is 5.91. The first-order valence-electron chi connectivity index (χ1n) is 8.35. The normalized spacial score (nSPS) is 27.5. The van der Waals surface area contributed by atoms with E-state index in [9.17, 15) is 0 Å². The summed E-state index contributed by atoms with van der Waals surface area (Å²) in [5.41, 5.74) is 5.91. The number of nitrogens with zero attached hydrogens (tertiary/aromatic N) is 2. The topological polar surface area (TPSA) is 32.5 Å². The molecule has 19 heavy (non-hydrogen) atoms. The largest absolute Gasteiger partial charge is 0.330 e. The van der Waals surface area contributed by atoms with Gasteiger partial charge >= 0.3 is 0 Å². The van der Waals surface area contributed by atoms with Crippen LogP contribution in [-0.2, 0) is 0 Å². The third-order valence-electron chi connectivity index (χ3n) is 4.90. The summed E-state index contributed by atoms with van der Waals surface area (Å²) in [5.74, 6) is 1.51. The third-order valence-corrected chi connectivity index (χ3v) is 4.90. The summed E-state index contributed by atoms with van der Waals surface area (Å²) in [6.45, 7) is 12.0. The molecule has 2 rings (SSSR count). The second-order valence-electron chi connectivity index (χ2n) is 7.01. The van der Waals surface area contributed by atoms with E-state index >= 15 is 0 Å². The quantitative estimate of drug-likeness (QED) is 0.767. The van der Waals surface area contributed by atoms with Gasteiger partial charge in [0.25, 0.3) is 0 Å². The van der Waals surface area contributed by atoms with Gasteiger partial charge in [0.1, 0.15) is 0 Å². The minimum atomic E-state index is 0.728. The summed E-state index contributed by atoms with van der Waals surface area (Å²) in [4.78, 5) is 5.39. The van der Waals surface area contributed by atoms with Crippen molar-refractivity contribution in [2.24, 2.45) is 17.6 Å². The summed E-state index contributed by atoms with van der Waals surface area (Å²) in [7, 11) is 0. The highest BCUT2D eigenvalue weighted by atomic mass is 15.3. The maximum Gasteiger partial charge on any atom is 0.0235 e. The van der Waals surface area contributed by atoms with Crippen molar-refractivity contribution in [1.29, 1.82) is 0 Å². The van der Waals surface area contributed by atoms with Crippen LogP contribution in [-0.4, -0.2) is 55.1 Å². The fraction of sp³-hybridized carbons (Fsp3) is 1.00. The monoisotopic (exact) mass is 267 g/mol. The minimum absolute atomic E-state index is 0.728. The average molecular weight is 267 g/mol. The first-order valence-corrected chi connectivity index (χ1v) is 8.35. The van der Waals surface area contributed by atoms with Crippen molar-refractivity contribution in [2.75, 3.05) is 39.3 Å². The van der Waals surface area contributed by atoms with E-state index in [-0.39, 0.29) is 0 Å². The molecule has 2 unspecified atom stereocenters. The van der Waals surface area contributed by atoms with Crippen LogP contribution in [0.2, 0.25) is 0 Å². The fourth-order valence-electron chi connectivity index (χ4n) is 3.78. The smallest absolute Gasteiger partial charge is 0.0235 e. The van der Waals surface area contributed by atoms with Crippen molar-refractivity contribution in [1.82, 2.24) is 9.80 Å². The number of likely N-dealkylation sites (tertiary alicyclic amines) is 2. The van der Waals surface area contributed by atoms with E-state index in [1.165, 1.54) is 64.8 Å². The van der Waals surface area contributed by atoms with Gasteiger partial charge in [0, 0.05) is 12.6 Å². The standard InChI is InChI=1S/C16H33N3/c1-14(2)11-15(12-17)5-9-18-10-6-16(13-18)19-7-3-4-8-19/h14-16H,3-13,17H2,1-2H3. The zero-order chi connectivity index (χ0) is 13.7. The van der Waals surface area contributed by atoms with Crippen LogP contribution in [0.4, 0.5) is 0 Å². The predicted octanol–water partition coefficient (Wildman–Crippen LogP) is 2.17. The van der Waals surface area contributed by atoms with E-state index in [2.05, 4.69) is 23.6 Å². The van der Waals surface area contributed by atoms with Gasteiger partial charge in [-0.25, -0.2) is 0 Å². The minimum Gasteiger partial charge on any atom is -0.330 e. The van der Waals surface area contributed by atoms with Gasteiger partial charge in [0.15, 0.2) is 0 Å². The lowest BCUT2D eigenvalue weighted by Gasteiger charge is -2.25. The predicted molar refractivity (Wildman–Crippen MR) is 82.3 cm³/mol.